The number of nitrogens with two attached hydrogens (primary N) is 1. The van der Waals surface area contributed by atoms with Crippen LogP contribution in [0.1, 0.15) is 30.4 Å². The van der Waals surface area contributed by atoms with Crippen molar-refractivity contribution >= 4 is 23.2 Å². The number of nitrogen functional groups attached to an aromatic ring is 1. The van der Waals surface area contributed by atoms with Crippen LogP contribution in [0.3, 0.4) is 0 Å². The van der Waals surface area contributed by atoms with Crippen LogP contribution in [0.25, 0.3) is 0 Å². The highest BCUT2D eigenvalue weighted by atomic mass is 32.2. The van der Waals surface area contributed by atoms with Gasteiger partial charge in [0.1, 0.15) is 5.78 Å². The number of Topliss-reactive ketones (excluding diaryl/α,β-unsaturated/α-hetero) is 1. The van der Waals surface area contributed by atoms with Gasteiger partial charge in [-0.1, -0.05) is 48.5 Å². The minimum absolute atomic E-state index is 0.283. The SMILES string of the molecule is Nc1ccccc1CC(=O)CCCCSCc1ccccc1. The highest BCUT2D eigenvalue weighted by Gasteiger charge is 2.06. The molecule has 0 fully saturated rings. The maximum absolute atomic E-state index is 12.0. The van der Waals surface area contributed by atoms with Crippen LogP contribution in [0, 0.1) is 0 Å². The maximum Gasteiger partial charge on any atom is 0.137 e. The summed E-state index contributed by atoms with van der Waals surface area (Å²) in [7, 11) is 0. The molecule has 0 saturated heterocycles. The first kappa shape index (κ1) is 16.6. The molecule has 0 bridgehead atoms. The molecule has 2 aromatic rings. The van der Waals surface area contributed by atoms with Crippen molar-refractivity contribution in [2.45, 2.75) is 31.4 Å². The van der Waals surface area contributed by atoms with Gasteiger partial charge in [0.05, 0.1) is 0 Å². The Kier molecular flexibility index (Phi) is 7.04. The third kappa shape index (κ3) is 5.94. The van der Waals surface area contributed by atoms with Gasteiger partial charge in [-0.2, -0.15) is 11.8 Å². The summed E-state index contributed by atoms with van der Waals surface area (Å²) in [4.78, 5) is 12.0. The summed E-state index contributed by atoms with van der Waals surface area (Å²) in [6, 6.07) is 18.1. The number of para-hydroxylation sites is 1. The average Bonchev–Trinajstić information content (AvgIpc) is 2.54. The fourth-order valence-corrected chi connectivity index (χ4v) is 3.27. The summed E-state index contributed by atoms with van der Waals surface area (Å²) in [6.45, 7) is 0. The Labute approximate surface area is 137 Å². The molecule has 2 N–H and O–H groups in total. The molecule has 0 atom stereocenters. The topological polar surface area (TPSA) is 43.1 Å². The zero-order valence-electron chi connectivity index (χ0n) is 12.8. The fourth-order valence-electron chi connectivity index (χ4n) is 2.29. The lowest BCUT2D eigenvalue weighted by Crippen LogP contribution is -2.05. The third-order valence-electron chi connectivity index (χ3n) is 3.55. The lowest BCUT2D eigenvalue weighted by molar-refractivity contribution is -0.118. The smallest absolute Gasteiger partial charge is 0.137 e. The summed E-state index contributed by atoms with van der Waals surface area (Å²) in [5, 5.41) is 0. The van der Waals surface area contributed by atoms with E-state index in [1.807, 2.05) is 42.1 Å². The first-order valence-electron chi connectivity index (χ1n) is 7.72. The van der Waals surface area contributed by atoms with Gasteiger partial charge in [0.2, 0.25) is 0 Å². The Hall–Kier alpha value is -1.74. The van der Waals surface area contributed by atoms with E-state index in [9.17, 15) is 4.79 Å². The van der Waals surface area contributed by atoms with Crippen LogP contribution in [0.4, 0.5) is 5.69 Å². The number of carbonyl (C=O) groups excluding carboxylic acids is 1. The van der Waals surface area contributed by atoms with Crippen LogP contribution in [0.15, 0.2) is 54.6 Å². The number of benzene rings is 2. The van der Waals surface area contributed by atoms with Crippen molar-refractivity contribution in [1.82, 2.24) is 0 Å². The van der Waals surface area contributed by atoms with Gasteiger partial charge in [0, 0.05) is 24.3 Å². The minimum atomic E-state index is 0.283. The van der Waals surface area contributed by atoms with E-state index >= 15 is 0 Å². The Morgan fingerprint density at radius 1 is 0.955 bits per heavy atom. The van der Waals surface area contributed by atoms with Gasteiger partial charge in [0.15, 0.2) is 0 Å². The number of hydrogen-bond donors (Lipinski definition) is 1. The molecule has 0 unspecified atom stereocenters. The fraction of sp³-hybridized carbons (Fsp3) is 0.316. The molecule has 0 spiro atoms. The molecule has 2 rings (SSSR count). The predicted octanol–water partition coefficient (Wildman–Crippen LogP) is 4.48. The standard InChI is InChI=1S/C19H23NOS/c20-19-12-5-4-10-17(19)14-18(21)11-6-7-13-22-15-16-8-2-1-3-9-16/h1-5,8-10,12H,6-7,11,13-15,20H2. The number of unbranched alkanes of at least 4 members (excludes halogenated alkanes) is 1. The van der Waals surface area contributed by atoms with Crippen molar-refractivity contribution in [3.05, 3.63) is 65.7 Å². The highest BCUT2D eigenvalue weighted by Crippen LogP contribution is 2.16. The molecule has 0 amide bonds. The zero-order chi connectivity index (χ0) is 15.6. The van der Waals surface area contributed by atoms with Gasteiger partial charge in [-0.25, -0.2) is 0 Å². The van der Waals surface area contributed by atoms with E-state index in [4.69, 9.17) is 5.73 Å². The lowest BCUT2D eigenvalue weighted by atomic mass is 10.0. The molecule has 2 aromatic carbocycles. The predicted molar refractivity (Wildman–Crippen MR) is 96.0 cm³/mol. The van der Waals surface area contributed by atoms with Crippen molar-refractivity contribution in [2.24, 2.45) is 0 Å². The van der Waals surface area contributed by atoms with E-state index in [0.717, 1.165) is 29.9 Å². The van der Waals surface area contributed by atoms with E-state index in [1.165, 1.54) is 5.56 Å². The van der Waals surface area contributed by atoms with E-state index in [0.29, 0.717) is 18.5 Å². The van der Waals surface area contributed by atoms with Crippen molar-refractivity contribution in [2.75, 3.05) is 11.5 Å². The van der Waals surface area contributed by atoms with E-state index in [-0.39, 0.29) is 5.78 Å². The van der Waals surface area contributed by atoms with Gasteiger partial charge in [-0.05, 0) is 35.8 Å². The molecule has 22 heavy (non-hydrogen) atoms. The molecule has 0 aliphatic rings. The van der Waals surface area contributed by atoms with Crippen molar-refractivity contribution in [1.29, 1.82) is 0 Å². The molecule has 0 aliphatic carbocycles. The van der Waals surface area contributed by atoms with Crippen LogP contribution in [0.5, 0.6) is 0 Å². The summed E-state index contributed by atoms with van der Waals surface area (Å²) >= 11 is 1.93. The Morgan fingerprint density at radius 2 is 1.68 bits per heavy atom. The number of anilines is 1. The van der Waals surface area contributed by atoms with Crippen molar-refractivity contribution in [3.8, 4) is 0 Å². The first-order valence-corrected chi connectivity index (χ1v) is 8.88. The third-order valence-corrected chi connectivity index (χ3v) is 4.66. The monoisotopic (exact) mass is 313 g/mol. The van der Waals surface area contributed by atoms with Crippen LogP contribution in [-0.4, -0.2) is 11.5 Å². The maximum atomic E-state index is 12.0. The molecule has 0 heterocycles. The molecule has 0 radical (unpaired) electrons. The van der Waals surface area contributed by atoms with E-state index in [2.05, 4.69) is 24.3 Å². The number of thioether (sulfide) groups is 1. The molecule has 0 aromatic heterocycles. The Bertz CT molecular complexity index is 583. The molecule has 116 valence electrons. The summed E-state index contributed by atoms with van der Waals surface area (Å²) in [6.07, 6.45) is 3.17. The summed E-state index contributed by atoms with van der Waals surface area (Å²) in [5.41, 5.74) is 8.89. The van der Waals surface area contributed by atoms with Crippen LogP contribution >= 0.6 is 11.8 Å². The van der Waals surface area contributed by atoms with Gasteiger partial charge < -0.3 is 5.73 Å². The number of rotatable bonds is 9. The van der Waals surface area contributed by atoms with Gasteiger partial charge in [0.25, 0.3) is 0 Å². The van der Waals surface area contributed by atoms with Crippen LogP contribution in [0.2, 0.25) is 0 Å². The summed E-state index contributed by atoms with van der Waals surface area (Å²) < 4.78 is 0. The second-order valence-corrected chi connectivity index (χ2v) is 6.51. The molecule has 0 saturated carbocycles. The number of ketones is 1. The van der Waals surface area contributed by atoms with Crippen molar-refractivity contribution < 1.29 is 4.79 Å². The van der Waals surface area contributed by atoms with Crippen LogP contribution in [-0.2, 0) is 17.0 Å². The summed E-state index contributed by atoms with van der Waals surface area (Å²) in [5.74, 6) is 2.44. The molecular formula is C19H23NOS. The molecule has 3 heteroatoms. The number of hydrogen-bond acceptors (Lipinski definition) is 3. The molecular weight excluding hydrogens is 290 g/mol. The Morgan fingerprint density at radius 3 is 2.45 bits per heavy atom. The lowest BCUT2D eigenvalue weighted by Gasteiger charge is -2.05. The highest BCUT2D eigenvalue weighted by molar-refractivity contribution is 7.98. The quantitative estimate of drug-likeness (QED) is 0.548. The normalized spacial score (nSPS) is 10.5. The van der Waals surface area contributed by atoms with Gasteiger partial charge >= 0.3 is 0 Å². The van der Waals surface area contributed by atoms with E-state index < -0.39 is 0 Å². The largest absolute Gasteiger partial charge is 0.398 e. The second kappa shape index (κ2) is 9.31. The number of carbonyl (C=O) groups is 1. The van der Waals surface area contributed by atoms with Crippen molar-refractivity contribution in [3.63, 3.8) is 0 Å². The van der Waals surface area contributed by atoms with Crippen LogP contribution < -0.4 is 5.73 Å². The molecule has 2 nitrogen and oxygen atoms in total. The Balaban J connectivity index is 1.57. The average molecular weight is 313 g/mol. The zero-order valence-corrected chi connectivity index (χ0v) is 13.6. The van der Waals surface area contributed by atoms with E-state index in [1.54, 1.807) is 0 Å². The van der Waals surface area contributed by atoms with Gasteiger partial charge in [-0.3, -0.25) is 4.79 Å². The minimum Gasteiger partial charge on any atom is -0.398 e. The second-order valence-electron chi connectivity index (χ2n) is 5.41. The first-order chi connectivity index (χ1) is 10.8. The van der Waals surface area contributed by atoms with Gasteiger partial charge in [-0.15, -0.1) is 0 Å². The molecule has 0 aliphatic heterocycles.